The molecule has 1 aliphatic heterocycles. The number of nitrogens with zero attached hydrogens (tertiary/aromatic N) is 3. The van der Waals surface area contributed by atoms with Crippen molar-refractivity contribution in [1.82, 2.24) is 15.2 Å². The van der Waals surface area contributed by atoms with Crippen molar-refractivity contribution in [3.05, 3.63) is 54.2 Å². The van der Waals surface area contributed by atoms with Gasteiger partial charge in [0.15, 0.2) is 5.96 Å². The zero-order valence-corrected chi connectivity index (χ0v) is 16.8. The zero-order chi connectivity index (χ0) is 21.4. The predicted octanol–water partition coefficient (Wildman–Crippen LogP) is 3.63. The van der Waals surface area contributed by atoms with Gasteiger partial charge in [-0.2, -0.15) is 13.2 Å². The van der Waals surface area contributed by atoms with Crippen LogP contribution in [0, 0.1) is 0 Å². The molecule has 30 heavy (non-hydrogen) atoms. The molecule has 0 saturated carbocycles. The van der Waals surface area contributed by atoms with E-state index in [4.69, 9.17) is 4.74 Å². The third kappa shape index (κ3) is 6.01. The van der Waals surface area contributed by atoms with Gasteiger partial charge in [-0.25, -0.2) is 4.98 Å². The third-order valence-corrected chi connectivity index (χ3v) is 4.81. The fraction of sp³-hybridized carbons (Fsp3) is 0.429. The molecule has 3 rings (SSSR count). The maximum Gasteiger partial charge on any atom is 0.419 e. The van der Waals surface area contributed by atoms with Crippen LogP contribution in [0.25, 0.3) is 0 Å². The highest BCUT2D eigenvalue weighted by atomic mass is 19.4. The van der Waals surface area contributed by atoms with Crippen molar-refractivity contribution in [1.29, 1.82) is 0 Å². The summed E-state index contributed by atoms with van der Waals surface area (Å²) in [7, 11) is 1.70. The van der Waals surface area contributed by atoms with E-state index in [1.807, 2.05) is 30.3 Å². The fourth-order valence-corrected chi connectivity index (χ4v) is 3.34. The van der Waals surface area contributed by atoms with E-state index < -0.39 is 11.7 Å². The van der Waals surface area contributed by atoms with E-state index in [-0.39, 0.29) is 18.5 Å². The molecule has 0 unspecified atom stereocenters. The minimum atomic E-state index is -4.44. The number of likely N-dealkylation sites (tertiary alicyclic amines) is 1. The summed E-state index contributed by atoms with van der Waals surface area (Å²) in [5, 5.41) is 5.95. The number of benzene rings is 1. The van der Waals surface area contributed by atoms with Crippen LogP contribution >= 0.6 is 0 Å². The van der Waals surface area contributed by atoms with Crippen molar-refractivity contribution in [3.8, 4) is 5.75 Å². The second-order valence-corrected chi connectivity index (χ2v) is 6.92. The smallest absolute Gasteiger partial charge is 0.419 e. The second kappa shape index (κ2) is 10.2. The van der Waals surface area contributed by atoms with Crippen LogP contribution in [0.2, 0.25) is 0 Å². The third-order valence-electron chi connectivity index (χ3n) is 4.81. The molecule has 0 aliphatic carbocycles. The van der Waals surface area contributed by atoms with Crippen molar-refractivity contribution in [2.45, 2.75) is 25.1 Å². The molecule has 0 bridgehead atoms. The van der Waals surface area contributed by atoms with Crippen LogP contribution in [0.1, 0.15) is 18.4 Å². The molecule has 1 saturated heterocycles. The Kier molecular flexibility index (Phi) is 7.37. The Morgan fingerprint density at radius 3 is 2.53 bits per heavy atom. The van der Waals surface area contributed by atoms with Gasteiger partial charge in [0.1, 0.15) is 17.7 Å². The summed E-state index contributed by atoms with van der Waals surface area (Å²) >= 11 is 0. The van der Waals surface area contributed by atoms with E-state index in [2.05, 4.69) is 25.5 Å². The van der Waals surface area contributed by atoms with Gasteiger partial charge < -0.3 is 20.3 Å². The van der Waals surface area contributed by atoms with E-state index in [0.717, 1.165) is 43.7 Å². The average molecular weight is 421 g/mol. The van der Waals surface area contributed by atoms with Gasteiger partial charge >= 0.3 is 6.18 Å². The quantitative estimate of drug-likeness (QED) is 0.424. The maximum absolute atomic E-state index is 13.0. The number of rotatable bonds is 6. The Morgan fingerprint density at radius 1 is 1.13 bits per heavy atom. The lowest BCUT2D eigenvalue weighted by Gasteiger charge is -2.34. The number of pyridine rings is 1. The van der Waals surface area contributed by atoms with Gasteiger partial charge in [-0.05, 0) is 24.3 Å². The lowest BCUT2D eigenvalue weighted by molar-refractivity contribution is -0.137. The Labute approximate surface area is 174 Å². The van der Waals surface area contributed by atoms with E-state index in [9.17, 15) is 13.2 Å². The number of hydrogen-bond acceptors (Lipinski definition) is 4. The first kappa shape index (κ1) is 21.7. The molecule has 0 amide bonds. The number of aliphatic imine (C=N–C) groups is 1. The van der Waals surface area contributed by atoms with Gasteiger partial charge in [0, 0.05) is 52.3 Å². The molecular weight excluding hydrogens is 395 g/mol. The molecule has 9 heteroatoms. The first-order valence-electron chi connectivity index (χ1n) is 9.91. The van der Waals surface area contributed by atoms with Crippen molar-refractivity contribution in [2.24, 2.45) is 4.99 Å². The first-order valence-corrected chi connectivity index (χ1v) is 9.91. The number of hydrogen-bond donors (Lipinski definition) is 2. The van der Waals surface area contributed by atoms with Crippen LogP contribution in [-0.4, -0.2) is 55.2 Å². The van der Waals surface area contributed by atoms with Crippen molar-refractivity contribution >= 4 is 11.8 Å². The maximum atomic E-state index is 13.0. The van der Waals surface area contributed by atoms with Gasteiger partial charge in [-0.1, -0.05) is 18.2 Å². The second-order valence-electron chi connectivity index (χ2n) is 6.92. The molecule has 2 heterocycles. The number of ether oxygens (including phenoxy) is 1. The summed E-state index contributed by atoms with van der Waals surface area (Å²) < 4.78 is 45.1. The minimum absolute atomic E-state index is 0.161. The summed E-state index contributed by atoms with van der Waals surface area (Å²) in [5.41, 5.74) is -0.769. The highest BCUT2D eigenvalue weighted by molar-refractivity contribution is 5.80. The van der Waals surface area contributed by atoms with Crippen LogP contribution in [0.3, 0.4) is 0 Å². The summed E-state index contributed by atoms with van der Waals surface area (Å²) in [6, 6.07) is 12.1. The van der Waals surface area contributed by atoms with Crippen LogP contribution in [-0.2, 0) is 6.18 Å². The Bertz CT molecular complexity index is 821. The lowest BCUT2D eigenvalue weighted by Crippen LogP contribution is -2.48. The number of aromatic nitrogens is 1. The van der Waals surface area contributed by atoms with Gasteiger partial charge in [-0.3, -0.25) is 4.99 Å². The van der Waals surface area contributed by atoms with Gasteiger partial charge in [-0.15, -0.1) is 0 Å². The molecule has 0 atom stereocenters. The van der Waals surface area contributed by atoms with Crippen LogP contribution < -0.4 is 15.4 Å². The van der Waals surface area contributed by atoms with Crippen LogP contribution in [0.5, 0.6) is 5.75 Å². The summed E-state index contributed by atoms with van der Waals surface area (Å²) in [4.78, 5) is 10.2. The Balaban J connectivity index is 1.43. The summed E-state index contributed by atoms with van der Waals surface area (Å²) in [6.45, 7) is 2.29. The largest absolute Gasteiger partial charge is 0.490 e. The highest BCUT2D eigenvalue weighted by Crippen LogP contribution is 2.33. The van der Waals surface area contributed by atoms with Crippen LogP contribution in [0.4, 0.5) is 19.0 Å². The molecule has 6 nitrogen and oxygen atoms in total. The number of guanidine groups is 1. The standard InChI is InChI=1S/C21H26F3N5O/c1-25-20(28-13-12-27-19-18(21(22,23)24)8-5-11-26-19)29-14-9-17(10-15-29)30-16-6-3-2-4-7-16/h2-8,11,17H,9-10,12-15H2,1H3,(H,25,28)(H,26,27). The number of alkyl halides is 3. The van der Waals surface area contributed by atoms with Crippen molar-refractivity contribution in [2.75, 3.05) is 38.5 Å². The molecule has 1 aromatic carbocycles. The average Bonchev–Trinajstić information content (AvgIpc) is 2.75. The normalized spacial score (nSPS) is 15.7. The molecular formula is C21H26F3N5O. The molecule has 1 aliphatic rings. The molecule has 2 N–H and O–H groups in total. The zero-order valence-electron chi connectivity index (χ0n) is 16.8. The van der Waals surface area contributed by atoms with E-state index in [0.29, 0.717) is 6.54 Å². The Morgan fingerprint density at radius 2 is 1.87 bits per heavy atom. The minimum Gasteiger partial charge on any atom is -0.490 e. The summed E-state index contributed by atoms with van der Waals surface area (Å²) in [6.07, 6.45) is -1.20. The molecule has 2 aromatic rings. The number of anilines is 1. The number of piperidine rings is 1. The number of nitrogens with one attached hydrogen (secondary N) is 2. The van der Waals surface area contributed by atoms with E-state index in [1.54, 1.807) is 7.05 Å². The molecule has 1 fully saturated rings. The van der Waals surface area contributed by atoms with Crippen molar-refractivity contribution < 1.29 is 17.9 Å². The topological polar surface area (TPSA) is 61.8 Å². The highest BCUT2D eigenvalue weighted by Gasteiger charge is 2.34. The van der Waals surface area contributed by atoms with Crippen molar-refractivity contribution in [3.63, 3.8) is 0 Å². The molecule has 0 spiro atoms. The fourth-order valence-electron chi connectivity index (χ4n) is 3.34. The van der Waals surface area contributed by atoms with Crippen LogP contribution in [0.15, 0.2) is 53.7 Å². The van der Waals surface area contributed by atoms with Gasteiger partial charge in [0.25, 0.3) is 0 Å². The van der Waals surface area contributed by atoms with E-state index >= 15 is 0 Å². The molecule has 1 aromatic heterocycles. The molecule has 162 valence electrons. The Hall–Kier alpha value is -2.97. The summed E-state index contributed by atoms with van der Waals surface area (Å²) in [5.74, 6) is 1.44. The number of para-hydroxylation sites is 1. The predicted molar refractivity (Wildman–Crippen MR) is 111 cm³/mol. The SMILES string of the molecule is CN=C(NCCNc1ncccc1C(F)(F)F)N1CCC(Oc2ccccc2)CC1. The first-order chi connectivity index (χ1) is 14.5. The monoisotopic (exact) mass is 421 g/mol. The van der Waals surface area contributed by atoms with Gasteiger partial charge in [0.2, 0.25) is 0 Å². The number of halogens is 3. The molecule has 0 radical (unpaired) electrons. The van der Waals surface area contributed by atoms with E-state index in [1.165, 1.54) is 12.3 Å². The lowest BCUT2D eigenvalue weighted by atomic mass is 10.1. The van der Waals surface area contributed by atoms with Gasteiger partial charge in [0.05, 0.1) is 5.56 Å².